The van der Waals surface area contributed by atoms with Gasteiger partial charge in [0.1, 0.15) is 5.75 Å². The van der Waals surface area contributed by atoms with Gasteiger partial charge in [-0.2, -0.15) is 0 Å². The van der Waals surface area contributed by atoms with Crippen LogP contribution in [0, 0.1) is 5.41 Å². The quantitative estimate of drug-likeness (QED) is 0.817. The van der Waals surface area contributed by atoms with Crippen LogP contribution in [-0.4, -0.2) is 18.2 Å². The van der Waals surface area contributed by atoms with Crippen molar-refractivity contribution >= 4 is 12.0 Å². The van der Waals surface area contributed by atoms with Crippen LogP contribution < -0.4 is 4.74 Å². The predicted molar refractivity (Wildman–Crippen MR) is 68.1 cm³/mol. The Morgan fingerprint density at radius 3 is 2.35 bits per heavy atom. The maximum absolute atomic E-state index is 11.2. The van der Waals surface area contributed by atoms with Crippen LogP contribution in [0.5, 0.6) is 5.75 Å². The predicted octanol–water partition coefficient (Wildman–Crippen LogP) is 3.21. The molecule has 0 aliphatic rings. The highest BCUT2D eigenvalue weighted by Gasteiger charge is 2.23. The molecule has 3 nitrogen and oxygen atoms in total. The third kappa shape index (κ3) is 3.34. The molecule has 0 fully saturated rings. The minimum absolute atomic E-state index is 0.363. The fourth-order valence-electron chi connectivity index (χ4n) is 1.54. The Bertz CT molecular complexity index is 439. The Balaban J connectivity index is 3.27. The lowest BCUT2D eigenvalue weighted by Crippen LogP contribution is -2.17. The molecule has 0 aromatic heterocycles. The molecule has 0 aliphatic heterocycles. The minimum Gasteiger partial charge on any atom is -0.496 e. The van der Waals surface area contributed by atoms with Gasteiger partial charge in [-0.05, 0) is 17.6 Å². The van der Waals surface area contributed by atoms with E-state index in [2.05, 4.69) is 0 Å². The zero-order valence-corrected chi connectivity index (χ0v) is 10.7. The standard InChI is InChI=1S/C14H18O3/c1-14(2,3)11(13(15)16)9-10-7-5-6-8-12(10)17-4/h5-9H,1-4H3,(H,15,16)/b11-9-. The number of aliphatic carboxylic acids is 1. The van der Waals surface area contributed by atoms with E-state index in [0.29, 0.717) is 11.3 Å². The van der Waals surface area contributed by atoms with Gasteiger partial charge >= 0.3 is 5.97 Å². The van der Waals surface area contributed by atoms with E-state index in [1.54, 1.807) is 13.2 Å². The normalized spacial score (nSPS) is 12.4. The van der Waals surface area contributed by atoms with E-state index < -0.39 is 11.4 Å². The summed E-state index contributed by atoms with van der Waals surface area (Å²) in [4.78, 5) is 11.2. The molecular formula is C14H18O3. The average molecular weight is 234 g/mol. The molecule has 0 radical (unpaired) electrons. The van der Waals surface area contributed by atoms with E-state index in [1.807, 2.05) is 45.0 Å². The molecular weight excluding hydrogens is 216 g/mol. The lowest BCUT2D eigenvalue weighted by Gasteiger charge is -2.19. The first-order valence-corrected chi connectivity index (χ1v) is 5.44. The maximum atomic E-state index is 11.2. The number of methoxy groups -OCH3 is 1. The first-order valence-electron chi connectivity index (χ1n) is 5.44. The van der Waals surface area contributed by atoms with E-state index in [4.69, 9.17) is 4.74 Å². The van der Waals surface area contributed by atoms with Crippen LogP contribution in [0.2, 0.25) is 0 Å². The van der Waals surface area contributed by atoms with Gasteiger partial charge < -0.3 is 9.84 Å². The van der Waals surface area contributed by atoms with Crippen molar-refractivity contribution in [2.24, 2.45) is 5.41 Å². The van der Waals surface area contributed by atoms with Crippen LogP contribution in [0.15, 0.2) is 29.8 Å². The minimum atomic E-state index is -0.900. The lowest BCUT2D eigenvalue weighted by atomic mass is 9.85. The summed E-state index contributed by atoms with van der Waals surface area (Å²) in [7, 11) is 1.57. The molecule has 0 saturated heterocycles. The Hall–Kier alpha value is -1.77. The van der Waals surface area contributed by atoms with Gasteiger partial charge in [-0.1, -0.05) is 39.0 Å². The number of carbonyl (C=O) groups is 1. The third-order valence-corrected chi connectivity index (χ3v) is 2.48. The zero-order chi connectivity index (χ0) is 13.1. The van der Waals surface area contributed by atoms with Crippen molar-refractivity contribution in [2.75, 3.05) is 7.11 Å². The number of hydrogen-bond acceptors (Lipinski definition) is 2. The van der Waals surface area contributed by atoms with Gasteiger partial charge in [0.05, 0.1) is 7.11 Å². The van der Waals surface area contributed by atoms with Crippen molar-refractivity contribution in [3.63, 3.8) is 0 Å². The van der Waals surface area contributed by atoms with E-state index >= 15 is 0 Å². The van der Waals surface area contributed by atoms with Crippen molar-refractivity contribution < 1.29 is 14.6 Å². The summed E-state index contributed by atoms with van der Waals surface area (Å²) in [5.74, 6) is -0.223. The van der Waals surface area contributed by atoms with E-state index in [1.165, 1.54) is 0 Å². The highest BCUT2D eigenvalue weighted by molar-refractivity contribution is 5.93. The molecule has 17 heavy (non-hydrogen) atoms. The number of carboxylic acids is 1. The largest absolute Gasteiger partial charge is 0.496 e. The summed E-state index contributed by atoms with van der Waals surface area (Å²) in [6, 6.07) is 7.37. The monoisotopic (exact) mass is 234 g/mol. The van der Waals surface area contributed by atoms with Crippen LogP contribution in [0.4, 0.5) is 0 Å². The lowest BCUT2D eigenvalue weighted by molar-refractivity contribution is -0.133. The Morgan fingerprint density at radius 1 is 1.29 bits per heavy atom. The second-order valence-corrected chi connectivity index (χ2v) is 4.86. The summed E-state index contributed by atoms with van der Waals surface area (Å²) >= 11 is 0. The molecule has 0 amide bonds. The molecule has 1 aromatic rings. The number of ether oxygens (including phenoxy) is 1. The highest BCUT2D eigenvalue weighted by Crippen LogP contribution is 2.29. The van der Waals surface area contributed by atoms with Crippen molar-refractivity contribution in [2.45, 2.75) is 20.8 Å². The van der Waals surface area contributed by atoms with Crippen LogP contribution >= 0.6 is 0 Å². The SMILES string of the molecule is COc1ccccc1/C=C(/C(=O)O)C(C)(C)C. The smallest absolute Gasteiger partial charge is 0.332 e. The van der Waals surface area contributed by atoms with Gasteiger partial charge in [-0.3, -0.25) is 0 Å². The number of rotatable bonds is 3. The summed E-state index contributed by atoms with van der Waals surface area (Å²) in [5.41, 5.74) is 0.733. The van der Waals surface area contributed by atoms with Crippen molar-refractivity contribution in [3.05, 3.63) is 35.4 Å². The Labute approximate surface area is 102 Å². The molecule has 0 unspecified atom stereocenters. The molecule has 0 heterocycles. The topological polar surface area (TPSA) is 46.5 Å². The molecule has 0 aliphatic carbocycles. The molecule has 0 spiro atoms. The second-order valence-electron chi connectivity index (χ2n) is 4.86. The number of para-hydroxylation sites is 1. The summed E-state index contributed by atoms with van der Waals surface area (Å²) in [6.45, 7) is 5.63. The van der Waals surface area contributed by atoms with E-state index in [-0.39, 0.29) is 0 Å². The number of hydrogen-bond donors (Lipinski definition) is 1. The van der Waals surface area contributed by atoms with Crippen LogP contribution in [0.1, 0.15) is 26.3 Å². The van der Waals surface area contributed by atoms with E-state index in [9.17, 15) is 9.90 Å². The first-order chi connectivity index (χ1) is 7.86. The maximum Gasteiger partial charge on any atom is 0.332 e. The van der Waals surface area contributed by atoms with E-state index in [0.717, 1.165) is 5.56 Å². The van der Waals surface area contributed by atoms with Crippen molar-refractivity contribution in [3.8, 4) is 5.75 Å². The highest BCUT2D eigenvalue weighted by atomic mass is 16.5. The average Bonchev–Trinajstić information content (AvgIpc) is 2.24. The molecule has 92 valence electrons. The second kappa shape index (κ2) is 5.04. The van der Waals surface area contributed by atoms with Crippen LogP contribution in [-0.2, 0) is 4.79 Å². The van der Waals surface area contributed by atoms with Crippen molar-refractivity contribution in [1.29, 1.82) is 0 Å². The molecule has 1 rings (SSSR count). The molecule has 1 N–H and O–H groups in total. The third-order valence-electron chi connectivity index (χ3n) is 2.48. The van der Waals surface area contributed by atoms with Gasteiger partial charge in [-0.25, -0.2) is 4.79 Å². The summed E-state index contributed by atoms with van der Waals surface area (Å²) in [6.07, 6.45) is 1.67. The van der Waals surface area contributed by atoms with Gasteiger partial charge in [0.15, 0.2) is 0 Å². The van der Waals surface area contributed by atoms with Crippen LogP contribution in [0.3, 0.4) is 0 Å². The fourth-order valence-corrected chi connectivity index (χ4v) is 1.54. The van der Waals surface area contributed by atoms with Crippen molar-refractivity contribution in [1.82, 2.24) is 0 Å². The molecule has 0 bridgehead atoms. The molecule has 0 saturated carbocycles. The van der Waals surface area contributed by atoms with Gasteiger partial charge in [0.2, 0.25) is 0 Å². The van der Waals surface area contributed by atoms with Gasteiger partial charge in [-0.15, -0.1) is 0 Å². The number of benzene rings is 1. The van der Waals surface area contributed by atoms with Gasteiger partial charge in [0, 0.05) is 11.1 Å². The number of carboxylic acid groups (broad SMARTS) is 1. The fraction of sp³-hybridized carbons (Fsp3) is 0.357. The molecule has 0 atom stereocenters. The Morgan fingerprint density at radius 2 is 1.88 bits per heavy atom. The summed E-state index contributed by atoms with van der Waals surface area (Å²) in [5, 5.41) is 9.22. The molecule has 1 aromatic carbocycles. The summed E-state index contributed by atoms with van der Waals surface area (Å²) < 4.78 is 5.20. The zero-order valence-electron chi connectivity index (χ0n) is 10.7. The van der Waals surface area contributed by atoms with Crippen LogP contribution in [0.25, 0.3) is 6.08 Å². The van der Waals surface area contributed by atoms with Gasteiger partial charge in [0.25, 0.3) is 0 Å². The first kappa shape index (κ1) is 13.3. The molecule has 3 heteroatoms. The Kier molecular flexibility index (Phi) is 3.94.